The fraction of sp³-hybridized carbons (Fsp3) is 0.615. The van der Waals surface area contributed by atoms with Crippen LogP contribution in [0.3, 0.4) is 0 Å². The van der Waals surface area contributed by atoms with Crippen molar-refractivity contribution in [2.45, 2.75) is 38.2 Å². The van der Waals surface area contributed by atoms with Gasteiger partial charge in [0.2, 0.25) is 0 Å². The molecule has 0 radical (unpaired) electrons. The Morgan fingerprint density at radius 1 is 1.50 bits per heavy atom. The van der Waals surface area contributed by atoms with Crippen molar-refractivity contribution in [3.63, 3.8) is 0 Å². The van der Waals surface area contributed by atoms with Crippen LogP contribution in [0, 0.1) is 6.92 Å². The van der Waals surface area contributed by atoms with Crippen LogP contribution in [-0.4, -0.2) is 43.9 Å². The largest absolute Gasteiger partial charge is 0.388 e. The molecule has 0 aromatic carbocycles. The van der Waals surface area contributed by atoms with E-state index in [2.05, 4.69) is 15.2 Å². The summed E-state index contributed by atoms with van der Waals surface area (Å²) in [6.07, 6.45) is 3.82. The SMILES string of the molecule is Cc1nc(N(C)CC2(O)CCCC2)cc2n[nH]c(=O)n12. The second-order valence-corrected chi connectivity index (χ2v) is 5.67. The lowest BCUT2D eigenvalue weighted by molar-refractivity contribution is 0.0558. The van der Waals surface area contributed by atoms with Gasteiger partial charge < -0.3 is 10.0 Å². The molecule has 1 aliphatic carbocycles. The van der Waals surface area contributed by atoms with Gasteiger partial charge in [0.15, 0.2) is 5.65 Å². The van der Waals surface area contributed by atoms with Gasteiger partial charge in [0.25, 0.3) is 0 Å². The van der Waals surface area contributed by atoms with E-state index in [0.29, 0.717) is 23.8 Å². The molecule has 0 amide bonds. The Bertz CT molecular complexity index is 684. The van der Waals surface area contributed by atoms with Crippen molar-refractivity contribution in [1.29, 1.82) is 0 Å². The molecule has 0 saturated heterocycles. The van der Waals surface area contributed by atoms with Gasteiger partial charge in [0, 0.05) is 19.7 Å². The molecule has 1 aliphatic rings. The van der Waals surface area contributed by atoms with Crippen LogP contribution < -0.4 is 10.6 Å². The number of nitrogens with one attached hydrogen (secondary N) is 1. The summed E-state index contributed by atoms with van der Waals surface area (Å²) in [6, 6.07) is 1.75. The number of H-pyrrole nitrogens is 1. The van der Waals surface area contributed by atoms with E-state index in [1.807, 2.05) is 11.9 Å². The van der Waals surface area contributed by atoms with Gasteiger partial charge in [0.05, 0.1) is 5.60 Å². The molecule has 0 aliphatic heterocycles. The highest BCUT2D eigenvalue weighted by Gasteiger charge is 2.32. The first-order valence-electron chi connectivity index (χ1n) is 6.87. The van der Waals surface area contributed by atoms with E-state index in [1.165, 1.54) is 4.40 Å². The lowest BCUT2D eigenvalue weighted by atomic mass is 10.0. The molecule has 2 N–H and O–H groups in total. The fourth-order valence-corrected chi connectivity index (χ4v) is 2.99. The molecule has 108 valence electrons. The van der Waals surface area contributed by atoms with Crippen molar-refractivity contribution >= 4 is 11.5 Å². The summed E-state index contributed by atoms with van der Waals surface area (Å²) < 4.78 is 1.43. The summed E-state index contributed by atoms with van der Waals surface area (Å²) in [5.74, 6) is 1.30. The Morgan fingerprint density at radius 2 is 2.20 bits per heavy atom. The highest BCUT2D eigenvalue weighted by Crippen LogP contribution is 2.30. The van der Waals surface area contributed by atoms with Crippen molar-refractivity contribution in [1.82, 2.24) is 19.6 Å². The van der Waals surface area contributed by atoms with E-state index < -0.39 is 5.60 Å². The van der Waals surface area contributed by atoms with Crippen molar-refractivity contribution in [2.75, 3.05) is 18.5 Å². The first kappa shape index (κ1) is 13.1. The monoisotopic (exact) mass is 277 g/mol. The van der Waals surface area contributed by atoms with Crippen molar-refractivity contribution in [3.05, 3.63) is 22.4 Å². The number of likely N-dealkylation sites (N-methyl/N-ethyl adjacent to an activating group) is 1. The summed E-state index contributed by atoms with van der Waals surface area (Å²) in [4.78, 5) is 17.9. The highest BCUT2D eigenvalue weighted by atomic mass is 16.3. The Morgan fingerprint density at radius 3 is 2.90 bits per heavy atom. The van der Waals surface area contributed by atoms with Crippen molar-refractivity contribution in [2.24, 2.45) is 0 Å². The maximum Gasteiger partial charge on any atom is 0.349 e. The molecule has 1 saturated carbocycles. The van der Waals surface area contributed by atoms with Crippen LogP contribution in [0.1, 0.15) is 31.5 Å². The van der Waals surface area contributed by atoms with E-state index in [4.69, 9.17) is 0 Å². The molecule has 7 heteroatoms. The Labute approximate surface area is 116 Å². The number of rotatable bonds is 3. The number of aromatic nitrogens is 4. The van der Waals surface area contributed by atoms with Crippen LogP contribution in [0.5, 0.6) is 0 Å². The average Bonchev–Trinajstić information content (AvgIpc) is 2.96. The standard InChI is InChI=1S/C13H19N5O2/c1-9-14-10(7-11-15-16-12(19)18(9)11)17(2)8-13(20)5-3-4-6-13/h7,20H,3-6,8H2,1-2H3,(H,16,19). The predicted octanol–water partition coefficient (Wildman–Crippen LogP) is 0.467. The molecule has 2 aromatic heterocycles. The zero-order chi connectivity index (χ0) is 14.3. The molecule has 0 bridgehead atoms. The molecular formula is C13H19N5O2. The predicted molar refractivity (Wildman–Crippen MR) is 75.0 cm³/mol. The number of nitrogens with zero attached hydrogens (tertiary/aromatic N) is 4. The van der Waals surface area contributed by atoms with Gasteiger partial charge in [-0.3, -0.25) is 0 Å². The van der Waals surface area contributed by atoms with Crippen LogP contribution in [-0.2, 0) is 0 Å². The highest BCUT2D eigenvalue weighted by molar-refractivity contribution is 5.51. The van der Waals surface area contributed by atoms with Gasteiger partial charge in [-0.25, -0.2) is 19.3 Å². The number of aryl methyl sites for hydroxylation is 1. The summed E-state index contributed by atoms with van der Waals surface area (Å²) in [6.45, 7) is 2.32. The first-order chi connectivity index (χ1) is 9.48. The van der Waals surface area contributed by atoms with E-state index in [-0.39, 0.29) is 5.69 Å². The maximum absolute atomic E-state index is 11.6. The summed E-state index contributed by atoms with van der Waals surface area (Å²) >= 11 is 0. The van der Waals surface area contributed by atoms with E-state index >= 15 is 0 Å². The Kier molecular flexibility index (Phi) is 3.01. The molecule has 2 heterocycles. The quantitative estimate of drug-likeness (QED) is 0.851. The number of aromatic amines is 1. The van der Waals surface area contributed by atoms with E-state index in [1.54, 1.807) is 13.0 Å². The minimum atomic E-state index is -0.623. The summed E-state index contributed by atoms with van der Waals surface area (Å²) in [7, 11) is 1.90. The van der Waals surface area contributed by atoms with Gasteiger partial charge >= 0.3 is 5.69 Å². The average molecular weight is 277 g/mol. The van der Waals surface area contributed by atoms with Gasteiger partial charge in [-0.05, 0) is 19.8 Å². The maximum atomic E-state index is 11.6. The molecule has 2 aromatic rings. The number of aliphatic hydroxyl groups is 1. The molecule has 1 fully saturated rings. The van der Waals surface area contributed by atoms with Gasteiger partial charge in [-0.1, -0.05) is 12.8 Å². The Balaban J connectivity index is 1.91. The van der Waals surface area contributed by atoms with Gasteiger partial charge in [0.1, 0.15) is 11.6 Å². The number of hydrogen-bond acceptors (Lipinski definition) is 5. The van der Waals surface area contributed by atoms with Crippen LogP contribution >= 0.6 is 0 Å². The van der Waals surface area contributed by atoms with Crippen molar-refractivity contribution < 1.29 is 5.11 Å². The lowest BCUT2D eigenvalue weighted by Crippen LogP contribution is -2.39. The zero-order valence-corrected chi connectivity index (χ0v) is 11.8. The lowest BCUT2D eigenvalue weighted by Gasteiger charge is -2.29. The molecule has 0 spiro atoms. The molecule has 20 heavy (non-hydrogen) atoms. The third-order valence-corrected chi connectivity index (χ3v) is 4.01. The summed E-state index contributed by atoms with van der Waals surface area (Å²) in [5.41, 5.74) is -0.363. The van der Waals surface area contributed by atoms with Crippen LogP contribution in [0.15, 0.2) is 10.9 Å². The van der Waals surface area contributed by atoms with E-state index in [0.717, 1.165) is 25.7 Å². The molecule has 3 rings (SSSR count). The molecule has 7 nitrogen and oxygen atoms in total. The molecule has 0 atom stereocenters. The second kappa shape index (κ2) is 4.59. The van der Waals surface area contributed by atoms with Crippen LogP contribution in [0.4, 0.5) is 5.82 Å². The minimum Gasteiger partial charge on any atom is -0.388 e. The smallest absolute Gasteiger partial charge is 0.349 e. The number of anilines is 1. The molecular weight excluding hydrogens is 258 g/mol. The van der Waals surface area contributed by atoms with Gasteiger partial charge in [-0.2, -0.15) is 5.10 Å². The van der Waals surface area contributed by atoms with Crippen molar-refractivity contribution in [3.8, 4) is 0 Å². The Hall–Kier alpha value is -1.89. The molecule has 0 unspecified atom stereocenters. The topological polar surface area (TPSA) is 86.5 Å². The third-order valence-electron chi connectivity index (χ3n) is 4.01. The van der Waals surface area contributed by atoms with Gasteiger partial charge in [-0.15, -0.1) is 0 Å². The van der Waals surface area contributed by atoms with E-state index in [9.17, 15) is 9.90 Å². The third kappa shape index (κ3) is 2.18. The number of fused-ring (bicyclic) bond motifs is 1. The fourth-order valence-electron chi connectivity index (χ4n) is 2.99. The minimum absolute atomic E-state index is 0.284. The first-order valence-corrected chi connectivity index (χ1v) is 6.87. The zero-order valence-electron chi connectivity index (χ0n) is 11.8. The number of hydrogen-bond donors (Lipinski definition) is 2. The summed E-state index contributed by atoms with van der Waals surface area (Å²) in [5, 5.41) is 16.8. The normalized spacial score (nSPS) is 17.8. The second-order valence-electron chi connectivity index (χ2n) is 5.67. The van der Waals surface area contributed by atoms with Crippen LogP contribution in [0.2, 0.25) is 0 Å². The van der Waals surface area contributed by atoms with Crippen LogP contribution in [0.25, 0.3) is 5.65 Å².